The zero-order valence-electron chi connectivity index (χ0n) is 18.9. The molecule has 2 atom stereocenters. The molecule has 2 aliphatic rings. The van der Waals surface area contributed by atoms with Gasteiger partial charge in [0.15, 0.2) is 5.13 Å². The van der Waals surface area contributed by atoms with Crippen LogP contribution in [0.4, 0.5) is 33.2 Å². The predicted molar refractivity (Wildman–Crippen MR) is 125 cm³/mol. The monoisotopic (exact) mass is 523 g/mol. The first-order chi connectivity index (χ1) is 17.0. The number of likely N-dealkylation sites (N-methyl/N-ethyl adjacent to an activating group) is 1. The van der Waals surface area contributed by atoms with E-state index in [0.717, 1.165) is 16.2 Å². The summed E-state index contributed by atoms with van der Waals surface area (Å²) >= 11 is 0.964. The van der Waals surface area contributed by atoms with Crippen molar-refractivity contribution < 1.29 is 31.9 Å². The zero-order chi connectivity index (χ0) is 25.7. The van der Waals surface area contributed by atoms with Crippen LogP contribution in [0, 0.1) is 5.82 Å². The highest BCUT2D eigenvalue weighted by atomic mass is 32.1. The van der Waals surface area contributed by atoms with Crippen LogP contribution >= 0.6 is 11.3 Å². The van der Waals surface area contributed by atoms with Gasteiger partial charge < -0.3 is 15.0 Å². The maximum absolute atomic E-state index is 14.5. The van der Waals surface area contributed by atoms with Gasteiger partial charge in [-0.3, -0.25) is 15.4 Å². The molecule has 2 fully saturated rings. The van der Waals surface area contributed by atoms with E-state index in [1.54, 1.807) is 0 Å². The van der Waals surface area contributed by atoms with Crippen LogP contribution in [0.5, 0.6) is 0 Å². The topological polar surface area (TPSA) is 95.6 Å². The average molecular weight is 524 g/mol. The van der Waals surface area contributed by atoms with E-state index in [0.29, 0.717) is 28.9 Å². The van der Waals surface area contributed by atoms with Crippen molar-refractivity contribution in [2.75, 3.05) is 37.4 Å². The third-order valence-corrected chi connectivity index (χ3v) is 7.60. The molecule has 0 radical (unpaired) electrons. The molecule has 5 rings (SSSR count). The fraction of sp³-hybridized carbons (Fsp3) is 0.348. The van der Waals surface area contributed by atoms with Crippen LogP contribution in [0.25, 0.3) is 10.2 Å². The van der Waals surface area contributed by atoms with Crippen molar-refractivity contribution in [1.29, 1.82) is 0 Å². The molecule has 0 aliphatic carbocycles. The number of carbonyl (C=O) groups excluding carboxylic acids is 2. The average Bonchev–Trinajstić information content (AvgIpc) is 3.45. The molecule has 2 saturated heterocycles. The predicted octanol–water partition coefficient (Wildman–Crippen LogP) is 4.06. The minimum atomic E-state index is -4.92. The highest BCUT2D eigenvalue weighted by Crippen LogP contribution is 2.46. The van der Waals surface area contributed by atoms with Crippen LogP contribution in [0.1, 0.15) is 12.0 Å². The molecule has 2 aromatic carbocycles. The number of thiazole rings is 1. The highest BCUT2D eigenvalue weighted by Gasteiger charge is 2.67. The minimum absolute atomic E-state index is 0.0775. The molecule has 36 heavy (non-hydrogen) atoms. The molecule has 3 N–H and O–H groups in total. The van der Waals surface area contributed by atoms with Gasteiger partial charge in [-0.15, -0.1) is 0 Å². The lowest BCUT2D eigenvalue weighted by Crippen LogP contribution is -2.75. The first kappa shape index (κ1) is 24.4. The molecular formula is C23H21F4N5O3S. The van der Waals surface area contributed by atoms with E-state index >= 15 is 0 Å². The van der Waals surface area contributed by atoms with Crippen molar-refractivity contribution in [2.45, 2.75) is 23.7 Å². The first-order valence-electron chi connectivity index (χ1n) is 11.0. The van der Waals surface area contributed by atoms with Crippen LogP contribution in [-0.4, -0.2) is 60.3 Å². The van der Waals surface area contributed by atoms with Gasteiger partial charge in [0.1, 0.15) is 5.82 Å². The summed E-state index contributed by atoms with van der Waals surface area (Å²) in [5, 5.41) is 7.70. The number of hydrogen-bond donors (Lipinski definition) is 3. The number of alkyl halides is 3. The van der Waals surface area contributed by atoms with Crippen molar-refractivity contribution >= 4 is 44.3 Å². The number of piperazine rings is 1. The van der Waals surface area contributed by atoms with Crippen molar-refractivity contribution in [3.63, 3.8) is 0 Å². The van der Waals surface area contributed by atoms with Gasteiger partial charge in [-0.1, -0.05) is 17.4 Å². The van der Waals surface area contributed by atoms with E-state index < -0.39 is 35.0 Å². The smallest absolute Gasteiger partial charge is 0.379 e. The number of halogens is 4. The molecule has 0 saturated carbocycles. The number of rotatable bonds is 3. The largest absolute Gasteiger partial charge is 0.419 e. The number of fused-ring (bicyclic) bond motifs is 1. The Balaban J connectivity index is 1.43. The fourth-order valence-corrected chi connectivity index (χ4v) is 5.47. The van der Waals surface area contributed by atoms with Crippen molar-refractivity contribution in [2.24, 2.45) is 0 Å². The van der Waals surface area contributed by atoms with Crippen LogP contribution in [-0.2, 0) is 15.1 Å². The minimum Gasteiger partial charge on any atom is -0.379 e. The zero-order valence-corrected chi connectivity index (χ0v) is 19.7. The lowest BCUT2D eigenvalue weighted by atomic mass is 9.80. The Morgan fingerprint density at radius 2 is 1.94 bits per heavy atom. The van der Waals surface area contributed by atoms with E-state index in [9.17, 15) is 27.2 Å². The third kappa shape index (κ3) is 3.96. The van der Waals surface area contributed by atoms with Crippen LogP contribution in [0.3, 0.4) is 0 Å². The molecule has 3 aromatic rings. The molecule has 2 unspecified atom stereocenters. The van der Waals surface area contributed by atoms with E-state index in [4.69, 9.17) is 4.74 Å². The van der Waals surface area contributed by atoms with E-state index in [1.165, 1.54) is 49.5 Å². The number of carbonyl (C=O) groups is 2. The normalized spacial score (nSPS) is 24.5. The van der Waals surface area contributed by atoms with Gasteiger partial charge in [-0.25, -0.2) is 14.2 Å². The second-order valence-corrected chi connectivity index (χ2v) is 9.81. The Bertz CT molecular complexity index is 1320. The summed E-state index contributed by atoms with van der Waals surface area (Å²) in [4.78, 5) is 31.0. The first-order valence-corrected chi connectivity index (χ1v) is 11.8. The van der Waals surface area contributed by atoms with Crippen LogP contribution in [0.2, 0.25) is 0 Å². The summed E-state index contributed by atoms with van der Waals surface area (Å²) in [5.41, 5.74) is -3.31. The second kappa shape index (κ2) is 8.68. The molecule has 2 aliphatic heterocycles. The van der Waals surface area contributed by atoms with E-state index in [-0.39, 0.29) is 23.8 Å². The maximum Gasteiger partial charge on any atom is 0.419 e. The van der Waals surface area contributed by atoms with Gasteiger partial charge in [0.2, 0.25) is 5.54 Å². The SMILES string of the molecule is CN1C(=O)C(c2ccc3nc(NC(=O)Nc4ccc(F)cc4)sc3c2)(C(F)(F)F)NCC12CCOC2. The van der Waals surface area contributed by atoms with Gasteiger partial charge in [-0.2, -0.15) is 13.2 Å². The standard InChI is InChI=1S/C23H21F4N5O3S/c1-32-18(33)22(23(25,26)27,28-11-21(32)8-9-35-12-21)13-2-7-16-17(10-13)36-20(30-16)31-19(34)29-15-5-3-14(24)4-6-15/h2-7,10,28H,8-9,11-12H2,1H3,(H2,29,30,31,34). The Labute approximate surface area is 206 Å². The Kier molecular flexibility index (Phi) is 5.88. The number of ether oxygens (including phenoxy) is 1. The number of hydrogen-bond acceptors (Lipinski definition) is 6. The highest BCUT2D eigenvalue weighted by molar-refractivity contribution is 7.22. The van der Waals surface area contributed by atoms with Crippen molar-refractivity contribution in [3.8, 4) is 0 Å². The number of urea groups is 1. The van der Waals surface area contributed by atoms with Crippen LogP contribution in [0.15, 0.2) is 42.5 Å². The number of nitrogens with zero attached hydrogens (tertiary/aromatic N) is 2. The number of anilines is 2. The molecule has 3 amide bonds. The van der Waals surface area contributed by atoms with Crippen molar-refractivity contribution in [3.05, 3.63) is 53.8 Å². The summed E-state index contributed by atoms with van der Waals surface area (Å²) in [6.45, 7) is 0.459. The summed E-state index contributed by atoms with van der Waals surface area (Å²) < 4.78 is 62.4. The number of amides is 3. The number of nitrogens with one attached hydrogen (secondary N) is 3. The fourth-order valence-electron chi connectivity index (χ4n) is 4.57. The Hall–Kier alpha value is -3.29. The quantitative estimate of drug-likeness (QED) is 0.450. The molecule has 8 nitrogen and oxygen atoms in total. The van der Waals surface area contributed by atoms with Gasteiger partial charge in [0, 0.05) is 25.9 Å². The molecule has 13 heteroatoms. The van der Waals surface area contributed by atoms with E-state index in [1.807, 2.05) is 0 Å². The maximum atomic E-state index is 14.5. The lowest BCUT2D eigenvalue weighted by Gasteiger charge is -2.50. The lowest BCUT2D eigenvalue weighted by molar-refractivity contribution is -0.220. The molecule has 1 aromatic heterocycles. The summed E-state index contributed by atoms with van der Waals surface area (Å²) in [7, 11) is 1.38. The van der Waals surface area contributed by atoms with Gasteiger partial charge in [0.05, 0.1) is 22.4 Å². The van der Waals surface area contributed by atoms with Gasteiger partial charge >= 0.3 is 12.2 Å². The molecule has 190 valence electrons. The summed E-state index contributed by atoms with van der Waals surface area (Å²) in [6.07, 6.45) is -4.48. The molecule has 1 spiro atoms. The molecule has 0 bridgehead atoms. The second-order valence-electron chi connectivity index (χ2n) is 8.78. The van der Waals surface area contributed by atoms with Gasteiger partial charge in [0.25, 0.3) is 5.91 Å². The van der Waals surface area contributed by atoms with Crippen LogP contribution < -0.4 is 16.0 Å². The summed E-state index contributed by atoms with van der Waals surface area (Å²) in [6, 6.07) is 8.35. The third-order valence-electron chi connectivity index (χ3n) is 6.67. The number of benzene rings is 2. The Morgan fingerprint density at radius 1 is 1.19 bits per heavy atom. The van der Waals surface area contributed by atoms with E-state index in [2.05, 4.69) is 20.9 Å². The van der Waals surface area contributed by atoms with Gasteiger partial charge in [-0.05, 0) is 48.4 Å². The molecular weight excluding hydrogens is 502 g/mol. The summed E-state index contributed by atoms with van der Waals surface area (Å²) in [5.74, 6) is -1.56. The molecule has 3 heterocycles. The Morgan fingerprint density at radius 3 is 2.61 bits per heavy atom. The number of aromatic nitrogens is 1. The van der Waals surface area contributed by atoms with Crippen molar-refractivity contribution in [1.82, 2.24) is 15.2 Å².